The van der Waals surface area contributed by atoms with Crippen molar-refractivity contribution in [1.82, 2.24) is 5.32 Å². The predicted molar refractivity (Wildman–Crippen MR) is 95.2 cm³/mol. The Labute approximate surface area is 146 Å². The van der Waals surface area contributed by atoms with Crippen LogP contribution in [0.2, 0.25) is 0 Å². The van der Waals surface area contributed by atoms with Gasteiger partial charge in [0.05, 0.1) is 21.3 Å². The molecule has 1 aromatic heterocycles. The maximum atomic E-state index is 12.0. The number of thiophene rings is 1. The van der Waals surface area contributed by atoms with Gasteiger partial charge in [0.2, 0.25) is 5.91 Å². The fraction of sp³-hybridized carbons (Fsp3) is 0.389. The van der Waals surface area contributed by atoms with Gasteiger partial charge in [0, 0.05) is 29.5 Å². The molecule has 0 bridgehead atoms. The van der Waals surface area contributed by atoms with Crippen molar-refractivity contribution in [3.8, 4) is 17.2 Å². The number of aryl methyl sites for hydroxylation is 1. The Kier molecular flexibility index (Phi) is 6.93. The minimum atomic E-state index is 0.0309. The van der Waals surface area contributed by atoms with E-state index in [0.717, 1.165) is 18.4 Å². The highest BCUT2D eigenvalue weighted by Gasteiger charge is 2.12. The lowest BCUT2D eigenvalue weighted by molar-refractivity contribution is -0.121. The number of methoxy groups -OCH3 is 3. The van der Waals surface area contributed by atoms with Gasteiger partial charge in [-0.05, 0) is 30.4 Å². The van der Waals surface area contributed by atoms with Gasteiger partial charge in [0.15, 0.2) is 11.5 Å². The fourth-order valence-electron chi connectivity index (χ4n) is 2.39. The summed E-state index contributed by atoms with van der Waals surface area (Å²) in [4.78, 5) is 13.3. The zero-order valence-electron chi connectivity index (χ0n) is 14.3. The van der Waals surface area contributed by atoms with Gasteiger partial charge < -0.3 is 19.5 Å². The van der Waals surface area contributed by atoms with Crippen molar-refractivity contribution in [2.45, 2.75) is 25.8 Å². The number of ether oxygens (including phenoxy) is 3. The highest BCUT2D eigenvalue weighted by molar-refractivity contribution is 7.09. The molecule has 0 unspecified atom stereocenters. The molecule has 5 nitrogen and oxygen atoms in total. The fourth-order valence-corrected chi connectivity index (χ4v) is 3.14. The second-order valence-electron chi connectivity index (χ2n) is 5.23. The number of carbonyl (C=O) groups is 1. The minimum Gasteiger partial charge on any atom is -0.496 e. The maximum absolute atomic E-state index is 12.0. The Balaban J connectivity index is 1.89. The van der Waals surface area contributed by atoms with Crippen LogP contribution in [-0.2, 0) is 17.8 Å². The molecular formula is C18H23NO4S. The first-order chi connectivity index (χ1) is 11.7. The molecule has 1 N–H and O–H groups in total. The van der Waals surface area contributed by atoms with Gasteiger partial charge in [0.25, 0.3) is 0 Å². The first-order valence-corrected chi connectivity index (χ1v) is 8.63. The molecule has 0 fully saturated rings. The van der Waals surface area contributed by atoms with Crippen LogP contribution in [0.1, 0.15) is 23.3 Å². The van der Waals surface area contributed by atoms with Gasteiger partial charge in [-0.25, -0.2) is 0 Å². The van der Waals surface area contributed by atoms with Crippen LogP contribution < -0.4 is 19.5 Å². The van der Waals surface area contributed by atoms with E-state index in [0.29, 0.717) is 30.2 Å². The largest absolute Gasteiger partial charge is 0.496 e. The Morgan fingerprint density at radius 2 is 1.79 bits per heavy atom. The third-order valence-electron chi connectivity index (χ3n) is 3.67. The van der Waals surface area contributed by atoms with Crippen molar-refractivity contribution in [2.75, 3.05) is 21.3 Å². The van der Waals surface area contributed by atoms with Crippen molar-refractivity contribution in [1.29, 1.82) is 0 Å². The first kappa shape index (κ1) is 18.1. The van der Waals surface area contributed by atoms with Crippen LogP contribution in [0.5, 0.6) is 17.2 Å². The van der Waals surface area contributed by atoms with E-state index in [-0.39, 0.29) is 5.91 Å². The first-order valence-electron chi connectivity index (χ1n) is 7.76. The number of hydrogen-bond acceptors (Lipinski definition) is 5. The molecule has 24 heavy (non-hydrogen) atoms. The lowest BCUT2D eigenvalue weighted by Gasteiger charge is -2.14. The molecule has 0 aliphatic rings. The van der Waals surface area contributed by atoms with Crippen molar-refractivity contribution in [3.05, 3.63) is 40.1 Å². The Morgan fingerprint density at radius 3 is 2.42 bits per heavy atom. The summed E-state index contributed by atoms with van der Waals surface area (Å²) >= 11 is 1.72. The average molecular weight is 349 g/mol. The molecule has 2 aromatic rings. The highest BCUT2D eigenvalue weighted by atomic mass is 32.1. The highest BCUT2D eigenvalue weighted by Crippen LogP contribution is 2.34. The summed E-state index contributed by atoms with van der Waals surface area (Å²) in [5, 5.41) is 4.98. The molecule has 1 heterocycles. The molecule has 1 aromatic carbocycles. The zero-order chi connectivity index (χ0) is 17.4. The van der Waals surface area contributed by atoms with E-state index in [2.05, 4.69) is 16.8 Å². The van der Waals surface area contributed by atoms with Crippen LogP contribution in [-0.4, -0.2) is 27.2 Å². The zero-order valence-corrected chi connectivity index (χ0v) is 15.1. The van der Waals surface area contributed by atoms with Gasteiger partial charge >= 0.3 is 0 Å². The Bertz CT molecular complexity index is 655. The molecule has 0 radical (unpaired) electrons. The maximum Gasteiger partial charge on any atom is 0.220 e. The van der Waals surface area contributed by atoms with Crippen LogP contribution in [0.3, 0.4) is 0 Å². The third kappa shape index (κ3) is 4.89. The molecule has 0 atom stereocenters. The summed E-state index contributed by atoms with van der Waals surface area (Å²) < 4.78 is 15.9. The van der Waals surface area contributed by atoms with E-state index in [1.165, 1.54) is 4.88 Å². The van der Waals surface area contributed by atoms with Gasteiger partial charge in [-0.2, -0.15) is 0 Å². The number of benzene rings is 1. The molecule has 0 aliphatic heterocycles. The van der Waals surface area contributed by atoms with E-state index in [4.69, 9.17) is 14.2 Å². The SMILES string of the molecule is COc1cc(OC)c(OC)cc1CNC(=O)CCCc1cccs1. The normalized spacial score (nSPS) is 10.3. The summed E-state index contributed by atoms with van der Waals surface area (Å²) in [6, 6.07) is 7.71. The van der Waals surface area contributed by atoms with Gasteiger partial charge in [-0.1, -0.05) is 6.07 Å². The van der Waals surface area contributed by atoms with Crippen LogP contribution >= 0.6 is 11.3 Å². The second kappa shape index (κ2) is 9.17. The van der Waals surface area contributed by atoms with E-state index in [1.54, 1.807) is 38.7 Å². The summed E-state index contributed by atoms with van der Waals surface area (Å²) in [6.07, 6.45) is 2.29. The topological polar surface area (TPSA) is 56.8 Å². The van der Waals surface area contributed by atoms with Gasteiger partial charge in [-0.15, -0.1) is 11.3 Å². The van der Waals surface area contributed by atoms with E-state index in [1.807, 2.05) is 12.1 Å². The molecule has 1 amide bonds. The Morgan fingerprint density at radius 1 is 1.08 bits per heavy atom. The summed E-state index contributed by atoms with van der Waals surface area (Å²) in [6.45, 7) is 0.390. The summed E-state index contributed by atoms with van der Waals surface area (Å²) in [5.41, 5.74) is 0.849. The Hall–Kier alpha value is -2.21. The number of carbonyl (C=O) groups excluding carboxylic acids is 1. The van der Waals surface area contributed by atoms with E-state index in [9.17, 15) is 4.79 Å². The monoisotopic (exact) mass is 349 g/mol. The summed E-state index contributed by atoms with van der Waals surface area (Å²) in [5.74, 6) is 1.90. The van der Waals surface area contributed by atoms with Gasteiger partial charge in [-0.3, -0.25) is 4.79 Å². The average Bonchev–Trinajstić information content (AvgIpc) is 3.12. The third-order valence-corrected chi connectivity index (χ3v) is 4.61. The molecule has 0 saturated heterocycles. The van der Waals surface area contributed by atoms with E-state index < -0.39 is 0 Å². The van der Waals surface area contributed by atoms with Crippen LogP contribution in [0.25, 0.3) is 0 Å². The van der Waals surface area contributed by atoms with Crippen molar-refractivity contribution >= 4 is 17.2 Å². The van der Waals surface area contributed by atoms with Crippen molar-refractivity contribution < 1.29 is 19.0 Å². The molecule has 0 spiro atoms. The number of rotatable bonds is 9. The van der Waals surface area contributed by atoms with Crippen molar-refractivity contribution in [3.63, 3.8) is 0 Å². The van der Waals surface area contributed by atoms with Crippen LogP contribution in [0.4, 0.5) is 0 Å². The smallest absolute Gasteiger partial charge is 0.220 e. The van der Waals surface area contributed by atoms with Crippen LogP contribution in [0.15, 0.2) is 29.6 Å². The molecule has 0 saturated carbocycles. The molecule has 2 rings (SSSR count). The summed E-state index contributed by atoms with van der Waals surface area (Å²) in [7, 11) is 4.75. The lowest BCUT2D eigenvalue weighted by Crippen LogP contribution is -2.22. The molecule has 0 aliphatic carbocycles. The van der Waals surface area contributed by atoms with E-state index >= 15 is 0 Å². The predicted octanol–water partition coefficient (Wildman–Crippen LogP) is 3.41. The lowest BCUT2D eigenvalue weighted by atomic mass is 10.1. The number of amides is 1. The van der Waals surface area contributed by atoms with Crippen molar-refractivity contribution in [2.24, 2.45) is 0 Å². The van der Waals surface area contributed by atoms with Gasteiger partial charge in [0.1, 0.15) is 5.75 Å². The quantitative estimate of drug-likeness (QED) is 0.754. The number of hydrogen-bond donors (Lipinski definition) is 1. The number of nitrogens with one attached hydrogen (secondary N) is 1. The minimum absolute atomic E-state index is 0.0309. The standard InChI is InChI=1S/C18H23NO4S/c1-21-15-11-17(23-3)16(22-2)10-13(15)12-19-18(20)8-4-6-14-7-5-9-24-14/h5,7,9-11H,4,6,8,12H2,1-3H3,(H,19,20). The second-order valence-corrected chi connectivity index (χ2v) is 6.26. The molecule has 130 valence electrons. The molecular weight excluding hydrogens is 326 g/mol. The van der Waals surface area contributed by atoms with Crippen LogP contribution in [0, 0.1) is 0 Å². The molecule has 6 heteroatoms.